The summed E-state index contributed by atoms with van der Waals surface area (Å²) in [6.07, 6.45) is 13.4. The predicted molar refractivity (Wildman–Crippen MR) is 412 cm³/mol. The Labute approximate surface area is 579 Å². The summed E-state index contributed by atoms with van der Waals surface area (Å²) in [6.45, 7) is 25.6. The van der Waals surface area contributed by atoms with Crippen molar-refractivity contribution in [1.82, 2.24) is 15.0 Å². The van der Waals surface area contributed by atoms with Crippen molar-refractivity contribution in [3.8, 4) is 101 Å². The molecule has 0 saturated heterocycles. The SMILES string of the molecule is CCCc1cc(-c2ccc(-c3cc(C(C)(C)C)ccc3C3CC(c4ccccc4-c4ccc(-c5cc(CC(C)C)c(-c6ccccc6)cn5)cc4)CC(c4ccc(C(C)(C)C)cc4-c4ccc(-c5cc(CC(C)C)c(-c6ccccc6)cn5)cc4)C3)cc2)ncc1-c1ccccc1. The molecule has 13 rings (SSSR count). The van der Waals surface area contributed by atoms with Crippen LogP contribution in [0, 0.1) is 11.8 Å². The molecule has 0 aliphatic heterocycles. The van der Waals surface area contributed by atoms with Crippen molar-refractivity contribution in [3.05, 3.63) is 306 Å². The highest BCUT2D eigenvalue weighted by atomic mass is 14.7. The Bertz CT molecular complexity index is 4660. The Balaban J connectivity index is 0.907. The quantitative estimate of drug-likeness (QED) is 0.0859. The minimum Gasteiger partial charge on any atom is -0.256 e. The Morgan fingerprint density at radius 2 is 0.608 bits per heavy atom. The molecule has 3 unspecified atom stereocenters. The minimum absolute atomic E-state index is 0.0468. The molecule has 3 heteroatoms. The maximum absolute atomic E-state index is 5.16. The summed E-state index contributed by atoms with van der Waals surface area (Å²) < 4.78 is 0. The molecule has 3 aromatic heterocycles. The van der Waals surface area contributed by atoms with Gasteiger partial charge in [-0.25, -0.2) is 0 Å². The number of benzene rings is 9. The van der Waals surface area contributed by atoms with Crippen molar-refractivity contribution in [2.24, 2.45) is 11.8 Å². The molecule has 0 bridgehead atoms. The maximum atomic E-state index is 5.16. The van der Waals surface area contributed by atoms with E-state index in [9.17, 15) is 0 Å². The highest BCUT2D eigenvalue weighted by Crippen LogP contribution is 2.53. The van der Waals surface area contributed by atoms with Gasteiger partial charge < -0.3 is 0 Å². The van der Waals surface area contributed by atoms with E-state index in [1.54, 1.807) is 0 Å². The first kappa shape index (κ1) is 66.1. The molecule has 0 N–H and O–H groups in total. The minimum atomic E-state index is -0.0483. The fourth-order valence-corrected chi connectivity index (χ4v) is 15.2. The standard InChI is InChI=1S/C94H95N3/c1-12-24-73-54-90(95-59-87(73)64-25-16-13-17-26-64)70-41-35-68(36-42-70)85-57-79(93(6,7)8)45-47-83(85)77-51-76(82-32-23-22-31-81(82)67-33-39-71(40-34-67)91-55-74(49-62(2)3)88(60-96-91)65-27-18-14-19-28-65)52-78(53-77)84-48-46-80(94(9,10)11)58-86(84)69-37-43-72(44-38-69)92-56-75(50-63(4)5)89(61-97-92)66-29-20-15-21-30-66/h13-23,25-48,54-63,76-78H,12,24,49-53H2,1-11H3. The van der Waals surface area contributed by atoms with Gasteiger partial charge >= 0.3 is 0 Å². The highest BCUT2D eigenvalue weighted by Gasteiger charge is 2.36. The van der Waals surface area contributed by atoms with Crippen molar-refractivity contribution >= 4 is 0 Å². The van der Waals surface area contributed by atoms with Crippen molar-refractivity contribution in [1.29, 1.82) is 0 Å². The van der Waals surface area contributed by atoms with Gasteiger partial charge in [0.2, 0.25) is 0 Å². The van der Waals surface area contributed by atoms with Gasteiger partial charge in [0.05, 0.1) is 17.1 Å². The van der Waals surface area contributed by atoms with Gasteiger partial charge in [-0.2, -0.15) is 0 Å². The first-order valence-corrected chi connectivity index (χ1v) is 35.8. The lowest BCUT2D eigenvalue weighted by atomic mass is 9.65. The lowest BCUT2D eigenvalue weighted by Crippen LogP contribution is -2.22. The van der Waals surface area contributed by atoms with E-state index in [4.69, 9.17) is 15.0 Å². The van der Waals surface area contributed by atoms with Crippen LogP contribution < -0.4 is 0 Å². The van der Waals surface area contributed by atoms with Crippen molar-refractivity contribution < 1.29 is 0 Å². The van der Waals surface area contributed by atoms with Crippen LogP contribution in [-0.2, 0) is 30.1 Å². The number of aromatic nitrogens is 3. The molecular formula is C94H95N3. The van der Waals surface area contributed by atoms with Gasteiger partial charge in [0.1, 0.15) is 0 Å². The monoisotopic (exact) mass is 1270 g/mol. The van der Waals surface area contributed by atoms with E-state index in [0.29, 0.717) is 11.8 Å². The molecular weight excluding hydrogens is 1170 g/mol. The van der Waals surface area contributed by atoms with Gasteiger partial charge in [0.25, 0.3) is 0 Å². The largest absolute Gasteiger partial charge is 0.256 e. The summed E-state index contributed by atoms with van der Waals surface area (Å²) in [7, 11) is 0. The Kier molecular flexibility index (Phi) is 19.5. The molecule has 486 valence electrons. The van der Waals surface area contributed by atoms with E-state index >= 15 is 0 Å². The second kappa shape index (κ2) is 28.6. The van der Waals surface area contributed by atoms with Gasteiger partial charge in [-0.15, -0.1) is 0 Å². The van der Waals surface area contributed by atoms with Crippen molar-refractivity contribution in [2.45, 2.75) is 150 Å². The van der Waals surface area contributed by atoms with E-state index in [2.05, 4.69) is 337 Å². The van der Waals surface area contributed by atoms with Crippen LogP contribution in [0.15, 0.2) is 261 Å². The van der Waals surface area contributed by atoms with E-state index in [-0.39, 0.29) is 28.6 Å². The Morgan fingerprint density at radius 1 is 0.309 bits per heavy atom. The topological polar surface area (TPSA) is 38.7 Å². The van der Waals surface area contributed by atoms with Crippen LogP contribution in [0.1, 0.15) is 164 Å². The van der Waals surface area contributed by atoms with Crippen LogP contribution >= 0.6 is 0 Å². The number of aryl methyl sites for hydroxylation is 1. The summed E-state index contributed by atoms with van der Waals surface area (Å²) >= 11 is 0. The molecule has 3 heterocycles. The molecule has 0 amide bonds. The number of nitrogens with zero attached hydrogens (tertiary/aromatic N) is 3. The summed E-state index contributed by atoms with van der Waals surface area (Å²) in [5, 5.41) is 0. The number of pyridine rings is 3. The second-order valence-electron chi connectivity index (χ2n) is 30.4. The van der Waals surface area contributed by atoms with Crippen LogP contribution in [0.5, 0.6) is 0 Å². The number of hydrogen-bond donors (Lipinski definition) is 0. The highest BCUT2D eigenvalue weighted by molar-refractivity contribution is 5.79. The first-order chi connectivity index (χ1) is 46.9. The Hall–Kier alpha value is -9.57. The molecule has 12 aromatic rings. The zero-order chi connectivity index (χ0) is 67.4. The van der Waals surface area contributed by atoms with Crippen LogP contribution in [0.4, 0.5) is 0 Å². The van der Waals surface area contributed by atoms with Gasteiger partial charge in [-0.1, -0.05) is 307 Å². The van der Waals surface area contributed by atoms with Crippen molar-refractivity contribution in [3.63, 3.8) is 0 Å². The molecule has 9 aromatic carbocycles. The molecule has 1 aliphatic carbocycles. The third-order valence-corrected chi connectivity index (χ3v) is 20.3. The average Bonchev–Trinajstić information content (AvgIpc) is 0.771. The predicted octanol–water partition coefficient (Wildman–Crippen LogP) is 25.7. The zero-order valence-electron chi connectivity index (χ0n) is 59.0. The molecule has 1 fully saturated rings. The van der Waals surface area contributed by atoms with Crippen LogP contribution in [-0.4, -0.2) is 15.0 Å². The maximum Gasteiger partial charge on any atom is 0.0705 e. The normalized spacial score (nSPS) is 15.1. The molecule has 0 spiro atoms. The molecule has 1 aliphatic rings. The Morgan fingerprint density at radius 3 is 0.959 bits per heavy atom. The summed E-state index contributed by atoms with van der Waals surface area (Å²) in [5.41, 5.74) is 32.3. The average molecular weight is 1270 g/mol. The lowest BCUT2D eigenvalue weighted by molar-refractivity contribution is 0.352. The third kappa shape index (κ3) is 14.9. The van der Waals surface area contributed by atoms with Crippen LogP contribution in [0.3, 0.4) is 0 Å². The zero-order valence-corrected chi connectivity index (χ0v) is 59.0. The molecule has 3 nitrogen and oxygen atoms in total. The molecule has 1 saturated carbocycles. The number of hydrogen-bond acceptors (Lipinski definition) is 3. The second-order valence-corrected chi connectivity index (χ2v) is 30.4. The molecule has 3 atom stereocenters. The van der Waals surface area contributed by atoms with Gasteiger partial charge in [0, 0.05) is 52.0 Å². The van der Waals surface area contributed by atoms with Crippen molar-refractivity contribution in [2.75, 3.05) is 0 Å². The fourth-order valence-electron chi connectivity index (χ4n) is 15.2. The fraction of sp³-hybridized carbons (Fsp3) is 0.266. The molecule has 97 heavy (non-hydrogen) atoms. The van der Waals surface area contributed by atoms with Crippen LogP contribution in [0.2, 0.25) is 0 Å². The van der Waals surface area contributed by atoms with E-state index in [1.165, 1.54) is 111 Å². The summed E-state index contributed by atoms with van der Waals surface area (Å²) in [4.78, 5) is 15.4. The summed E-state index contributed by atoms with van der Waals surface area (Å²) in [5.74, 6) is 1.78. The van der Waals surface area contributed by atoms with Gasteiger partial charge in [-0.3, -0.25) is 15.0 Å². The van der Waals surface area contributed by atoms with Gasteiger partial charge in [0.15, 0.2) is 0 Å². The smallest absolute Gasteiger partial charge is 0.0705 e. The number of rotatable bonds is 18. The molecule has 0 radical (unpaired) electrons. The van der Waals surface area contributed by atoms with Gasteiger partial charge in [-0.05, 0) is 192 Å². The first-order valence-electron chi connectivity index (χ1n) is 35.8. The van der Waals surface area contributed by atoms with E-state index in [0.717, 1.165) is 78.7 Å². The van der Waals surface area contributed by atoms with E-state index < -0.39 is 0 Å². The third-order valence-electron chi connectivity index (χ3n) is 20.3. The van der Waals surface area contributed by atoms with Crippen LogP contribution in [0.25, 0.3) is 101 Å². The van der Waals surface area contributed by atoms with E-state index in [1.807, 2.05) is 0 Å². The summed E-state index contributed by atoms with van der Waals surface area (Å²) in [6, 6.07) is 91.5. The lowest BCUT2D eigenvalue weighted by Gasteiger charge is -2.39.